The average molecular weight is 360 g/mol. The predicted molar refractivity (Wildman–Crippen MR) is 82.3 cm³/mol. The molecule has 1 aliphatic heterocycles. The normalized spacial score (nSPS) is 18.8. The van der Waals surface area contributed by atoms with Crippen molar-refractivity contribution in [2.75, 3.05) is 24.2 Å². The van der Waals surface area contributed by atoms with E-state index in [2.05, 4.69) is 53.8 Å². The lowest BCUT2D eigenvalue weighted by Crippen LogP contribution is -2.21. The van der Waals surface area contributed by atoms with E-state index in [1.54, 1.807) is 0 Å². The first-order valence-corrected chi connectivity index (χ1v) is 8.14. The van der Waals surface area contributed by atoms with Crippen LogP contribution >= 0.6 is 22.6 Å². The van der Waals surface area contributed by atoms with E-state index in [0.29, 0.717) is 5.92 Å². The van der Waals surface area contributed by atoms with Crippen LogP contribution in [0.25, 0.3) is 0 Å². The van der Waals surface area contributed by atoms with Crippen molar-refractivity contribution in [2.45, 2.75) is 25.9 Å². The zero-order valence-electron chi connectivity index (χ0n) is 10.9. The quantitative estimate of drug-likeness (QED) is 0.586. The van der Waals surface area contributed by atoms with Crippen LogP contribution in [0.15, 0.2) is 24.3 Å². The van der Waals surface area contributed by atoms with Crippen molar-refractivity contribution < 1.29 is 9.47 Å². The second kappa shape index (κ2) is 7.46. The molecule has 2 rings (SSSR count). The highest BCUT2D eigenvalue weighted by Gasteiger charge is 2.17. The Bertz CT molecular complexity index is 344. The van der Waals surface area contributed by atoms with Gasteiger partial charge in [0.1, 0.15) is 0 Å². The molecule has 0 bridgehead atoms. The summed E-state index contributed by atoms with van der Waals surface area (Å²) in [5, 5.41) is 0. The molecule has 0 spiro atoms. The van der Waals surface area contributed by atoms with Crippen LogP contribution in [0.1, 0.15) is 30.1 Å². The molecule has 0 radical (unpaired) electrons. The summed E-state index contributed by atoms with van der Waals surface area (Å²) in [6.45, 7) is 4.78. The Hall–Kier alpha value is -0.130. The monoisotopic (exact) mass is 360 g/mol. The summed E-state index contributed by atoms with van der Waals surface area (Å²) < 4.78 is 12.5. The van der Waals surface area contributed by atoms with E-state index in [1.807, 2.05) is 0 Å². The molecule has 1 aromatic carbocycles. The summed E-state index contributed by atoms with van der Waals surface area (Å²) in [5.41, 5.74) is 2.59. The summed E-state index contributed by atoms with van der Waals surface area (Å²) in [5.74, 6) is 0.676. The molecule has 0 N–H and O–H groups in total. The van der Waals surface area contributed by atoms with Gasteiger partial charge in [-0.2, -0.15) is 0 Å². The van der Waals surface area contributed by atoms with Gasteiger partial charge in [-0.1, -0.05) is 52.4 Å². The van der Waals surface area contributed by atoms with E-state index < -0.39 is 0 Å². The topological polar surface area (TPSA) is 18.5 Å². The molecule has 18 heavy (non-hydrogen) atoms. The molecule has 1 unspecified atom stereocenters. The van der Waals surface area contributed by atoms with Crippen molar-refractivity contribution in [1.29, 1.82) is 0 Å². The summed E-state index contributed by atoms with van der Waals surface area (Å²) in [4.78, 5) is 0. The highest BCUT2D eigenvalue weighted by Crippen LogP contribution is 2.23. The summed E-state index contributed by atoms with van der Waals surface area (Å²) in [6.07, 6.45) is 2.51. The van der Waals surface area contributed by atoms with Gasteiger partial charge in [0.05, 0.1) is 12.7 Å². The fourth-order valence-corrected chi connectivity index (χ4v) is 2.94. The van der Waals surface area contributed by atoms with Gasteiger partial charge in [0, 0.05) is 17.6 Å². The third-order valence-corrected chi connectivity index (χ3v) is 4.26. The third kappa shape index (κ3) is 4.21. The van der Waals surface area contributed by atoms with Crippen molar-refractivity contribution in [2.24, 2.45) is 5.92 Å². The molecule has 1 fully saturated rings. The van der Waals surface area contributed by atoms with Crippen LogP contribution in [-0.4, -0.2) is 24.2 Å². The molecule has 1 atom stereocenters. The van der Waals surface area contributed by atoms with Crippen LogP contribution < -0.4 is 0 Å². The van der Waals surface area contributed by atoms with Crippen molar-refractivity contribution in [3.05, 3.63) is 35.4 Å². The lowest BCUT2D eigenvalue weighted by molar-refractivity contribution is -0.00323. The molecular formula is C15H21IO2. The maximum atomic E-state index is 6.09. The lowest BCUT2D eigenvalue weighted by Gasteiger charge is -2.24. The van der Waals surface area contributed by atoms with E-state index >= 15 is 0 Å². The number of rotatable bonds is 5. The fourth-order valence-electron chi connectivity index (χ4n) is 2.18. The minimum absolute atomic E-state index is 0.231. The number of hydrogen-bond acceptors (Lipinski definition) is 2. The standard InChI is InChI=1S/C15H21IO2/c1-12-2-4-14(5-3-12)15(10-16)18-11-13-6-8-17-9-7-13/h2-5,13,15H,6-11H2,1H3. The molecule has 0 saturated carbocycles. The Balaban J connectivity index is 1.86. The zero-order valence-corrected chi connectivity index (χ0v) is 13.1. The Labute approximate surface area is 123 Å². The van der Waals surface area contributed by atoms with Gasteiger partial charge in [-0.05, 0) is 31.2 Å². The van der Waals surface area contributed by atoms with Gasteiger partial charge in [0.15, 0.2) is 0 Å². The SMILES string of the molecule is Cc1ccc(C(CI)OCC2CCOCC2)cc1. The molecule has 2 nitrogen and oxygen atoms in total. The van der Waals surface area contributed by atoms with Gasteiger partial charge >= 0.3 is 0 Å². The molecule has 0 amide bonds. The van der Waals surface area contributed by atoms with Crippen LogP contribution in [0.3, 0.4) is 0 Å². The summed E-state index contributed by atoms with van der Waals surface area (Å²) >= 11 is 2.41. The van der Waals surface area contributed by atoms with Crippen molar-refractivity contribution in [3.8, 4) is 0 Å². The Morgan fingerprint density at radius 3 is 2.56 bits per heavy atom. The smallest absolute Gasteiger partial charge is 0.0914 e. The molecule has 1 heterocycles. The van der Waals surface area contributed by atoms with Crippen molar-refractivity contribution in [3.63, 3.8) is 0 Å². The second-order valence-corrected chi connectivity index (χ2v) is 5.82. The van der Waals surface area contributed by atoms with Crippen LogP contribution in [0, 0.1) is 12.8 Å². The molecular weight excluding hydrogens is 339 g/mol. The summed E-state index contributed by atoms with van der Waals surface area (Å²) in [6, 6.07) is 8.68. The molecule has 0 aliphatic carbocycles. The molecule has 1 aliphatic rings. The molecule has 100 valence electrons. The minimum atomic E-state index is 0.231. The first-order chi connectivity index (χ1) is 8.79. The number of hydrogen-bond donors (Lipinski definition) is 0. The van der Waals surface area contributed by atoms with Crippen molar-refractivity contribution >= 4 is 22.6 Å². The Morgan fingerprint density at radius 1 is 1.28 bits per heavy atom. The number of benzene rings is 1. The van der Waals surface area contributed by atoms with Crippen LogP contribution in [0.5, 0.6) is 0 Å². The number of aryl methyl sites for hydroxylation is 1. The van der Waals surface area contributed by atoms with E-state index in [-0.39, 0.29) is 6.10 Å². The maximum absolute atomic E-state index is 6.09. The van der Waals surface area contributed by atoms with Gasteiger partial charge in [-0.3, -0.25) is 0 Å². The molecule has 1 aromatic rings. The average Bonchev–Trinajstić information content (AvgIpc) is 2.42. The fraction of sp³-hybridized carbons (Fsp3) is 0.600. The first-order valence-electron chi connectivity index (χ1n) is 6.61. The van der Waals surface area contributed by atoms with Gasteiger partial charge < -0.3 is 9.47 Å². The second-order valence-electron chi connectivity index (χ2n) is 4.94. The largest absolute Gasteiger partial charge is 0.381 e. The van der Waals surface area contributed by atoms with Crippen LogP contribution in [0.4, 0.5) is 0 Å². The van der Waals surface area contributed by atoms with Crippen LogP contribution in [-0.2, 0) is 9.47 Å². The maximum Gasteiger partial charge on any atom is 0.0914 e. The number of halogens is 1. The van der Waals surface area contributed by atoms with E-state index in [0.717, 1.165) is 37.1 Å². The predicted octanol–water partition coefficient (Wildman–Crippen LogP) is 3.91. The number of alkyl halides is 1. The summed E-state index contributed by atoms with van der Waals surface area (Å²) in [7, 11) is 0. The van der Waals surface area contributed by atoms with Gasteiger partial charge in [0.2, 0.25) is 0 Å². The van der Waals surface area contributed by atoms with E-state index in [4.69, 9.17) is 9.47 Å². The Kier molecular flexibility index (Phi) is 5.92. The van der Waals surface area contributed by atoms with Crippen molar-refractivity contribution in [1.82, 2.24) is 0 Å². The molecule has 1 saturated heterocycles. The lowest BCUT2D eigenvalue weighted by atomic mass is 10.0. The van der Waals surface area contributed by atoms with Gasteiger partial charge in [0.25, 0.3) is 0 Å². The first kappa shape index (κ1) is 14.3. The van der Waals surface area contributed by atoms with E-state index in [9.17, 15) is 0 Å². The highest BCUT2D eigenvalue weighted by atomic mass is 127. The minimum Gasteiger partial charge on any atom is -0.381 e. The van der Waals surface area contributed by atoms with Crippen LogP contribution in [0.2, 0.25) is 0 Å². The van der Waals surface area contributed by atoms with E-state index in [1.165, 1.54) is 11.1 Å². The molecule has 3 heteroatoms. The zero-order chi connectivity index (χ0) is 12.8. The molecule has 0 aromatic heterocycles. The highest BCUT2D eigenvalue weighted by molar-refractivity contribution is 14.1. The third-order valence-electron chi connectivity index (χ3n) is 3.46. The van der Waals surface area contributed by atoms with Gasteiger partial charge in [-0.15, -0.1) is 0 Å². The Morgan fingerprint density at radius 2 is 1.94 bits per heavy atom. The van der Waals surface area contributed by atoms with Gasteiger partial charge in [-0.25, -0.2) is 0 Å². The number of ether oxygens (including phenoxy) is 2.